The maximum absolute atomic E-state index is 5.91. The van der Waals surface area contributed by atoms with E-state index in [9.17, 15) is 0 Å². The van der Waals surface area contributed by atoms with Crippen LogP contribution in [-0.4, -0.2) is 16.6 Å². The van der Waals surface area contributed by atoms with Crippen LogP contribution in [-0.2, 0) is 0 Å². The topological polar surface area (TPSA) is 12.9 Å². The van der Waals surface area contributed by atoms with Gasteiger partial charge >= 0.3 is 0 Å². The predicted molar refractivity (Wildman–Crippen MR) is 68.2 cm³/mol. The van der Waals surface area contributed by atoms with E-state index >= 15 is 0 Å². The van der Waals surface area contributed by atoms with E-state index in [1.54, 1.807) is 18.0 Å². The molecule has 1 heterocycles. The Hall–Kier alpha value is -0.440. The summed E-state index contributed by atoms with van der Waals surface area (Å²) in [5.74, 6) is 1.56. The van der Waals surface area contributed by atoms with Gasteiger partial charge in [-0.25, -0.2) is 0 Å². The molecule has 0 aliphatic heterocycles. The molecule has 0 radical (unpaired) electrons. The van der Waals surface area contributed by atoms with Gasteiger partial charge in [-0.1, -0.05) is 17.7 Å². The molecule has 0 unspecified atom stereocenters. The summed E-state index contributed by atoms with van der Waals surface area (Å²) in [7, 11) is 0. The number of halogens is 2. The number of pyridine rings is 1. The Kier molecular flexibility index (Phi) is 3.73. The summed E-state index contributed by atoms with van der Waals surface area (Å²) in [6, 6.07) is 7.77. The maximum Gasteiger partial charge on any atom is 0.0728 e. The van der Waals surface area contributed by atoms with E-state index in [1.807, 2.05) is 24.3 Å². The highest BCUT2D eigenvalue weighted by molar-refractivity contribution is 7.99. The number of alkyl halides is 1. The molecule has 0 fully saturated rings. The number of aromatic nitrogens is 1. The molecule has 1 aromatic heterocycles. The second-order valence-corrected chi connectivity index (χ2v) is 4.96. The van der Waals surface area contributed by atoms with Crippen molar-refractivity contribution >= 4 is 45.9 Å². The lowest BCUT2D eigenvalue weighted by Crippen LogP contribution is -1.84. The van der Waals surface area contributed by atoms with Crippen molar-refractivity contribution < 1.29 is 0 Å². The van der Waals surface area contributed by atoms with Crippen LogP contribution in [0.3, 0.4) is 0 Å². The Bertz CT molecular complexity index is 473. The van der Waals surface area contributed by atoms with Crippen LogP contribution in [0.15, 0.2) is 35.4 Å². The van der Waals surface area contributed by atoms with Crippen molar-refractivity contribution in [3.8, 4) is 0 Å². The van der Waals surface area contributed by atoms with Gasteiger partial charge in [0.2, 0.25) is 0 Å². The lowest BCUT2D eigenvalue weighted by molar-refractivity contribution is 1.35. The largest absolute Gasteiger partial charge is 0.256 e. The maximum atomic E-state index is 5.91. The molecule has 0 aliphatic carbocycles. The number of nitrogens with zero attached hydrogens (tertiary/aromatic N) is 1. The Balaban J connectivity index is 2.46. The Morgan fingerprint density at radius 1 is 1.27 bits per heavy atom. The molecule has 0 saturated heterocycles. The molecule has 2 rings (SSSR count). The van der Waals surface area contributed by atoms with Gasteiger partial charge < -0.3 is 0 Å². The van der Waals surface area contributed by atoms with E-state index in [1.165, 1.54) is 4.90 Å². The summed E-state index contributed by atoms with van der Waals surface area (Å²) in [4.78, 5) is 5.49. The first-order chi connectivity index (χ1) is 7.31. The summed E-state index contributed by atoms with van der Waals surface area (Å²) in [6.07, 6.45) is 1.80. The fourth-order valence-electron chi connectivity index (χ4n) is 1.37. The zero-order chi connectivity index (χ0) is 10.7. The molecule has 4 heteroatoms. The van der Waals surface area contributed by atoms with E-state index in [0.717, 1.165) is 21.7 Å². The third-order valence-corrected chi connectivity index (χ3v) is 3.72. The molecule has 1 nitrogen and oxygen atoms in total. The Labute approximate surface area is 103 Å². The van der Waals surface area contributed by atoms with Crippen LogP contribution in [0.4, 0.5) is 0 Å². The van der Waals surface area contributed by atoms with Crippen LogP contribution < -0.4 is 0 Å². The Morgan fingerprint density at radius 2 is 2.13 bits per heavy atom. The average molecular weight is 258 g/mol. The van der Waals surface area contributed by atoms with Gasteiger partial charge in [-0.05, 0) is 18.2 Å². The summed E-state index contributed by atoms with van der Waals surface area (Å²) in [5, 5.41) is 1.85. The molecule has 0 saturated carbocycles. The summed E-state index contributed by atoms with van der Waals surface area (Å²) < 4.78 is 0. The van der Waals surface area contributed by atoms with Gasteiger partial charge in [0.25, 0.3) is 0 Å². The van der Waals surface area contributed by atoms with E-state index in [2.05, 4.69) is 4.98 Å². The second kappa shape index (κ2) is 5.06. The molecule has 0 atom stereocenters. The van der Waals surface area contributed by atoms with Crippen LogP contribution in [0.1, 0.15) is 0 Å². The highest BCUT2D eigenvalue weighted by Crippen LogP contribution is 2.28. The van der Waals surface area contributed by atoms with Crippen molar-refractivity contribution in [3.63, 3.8) is 0 Å². The quantitative estimate of drug-likeness (QED) is 0.604. The van der Waals surface area contributed by atoms with Crippen molar-refractivity contribution in [1.29, 1.82) is 0 Å². The van der Waals surface area contributed by atoms with Gasteiger partial charge in [-0.15, -0.1) is 23.4 Å². The monoisotopic (exact) mass is 257 g/mol. The van der Waals surface area contributed by atoms with Crippen LogP contribution in [0.2, 0.25) is 5.02 Å². The van der Waals surface area contributed by atoms with Gasteiger partial charge in [0.05, 0.1) is 5.52 Å². The van der Waals surface area contributed by atoms with Crippen LogP contribution >= 0.6 is 35.0 Å². The number of fused-ring (bicyclic) bond motifs is 1. The molecule has 2 aromatic rings. The highest BCUT2D eigenvalue weighted by Gasteiger charge is 2.02. The van der Waals surface area contributed by atoms with Crippen LogP contribution in [0, 0.1) is 0 Å². The van der Waals surface area contributed by atoms with Crippen LogP contribution in [0.5, 0.6) is 0 Å². The van der Waals surface area contributed by atoms with Gasteiger partial charge in [0, 0.05) is 33.1 Å². The smallest absolute Gasteiger partial charge is 0.0728 e. The van der Waals surface area contributed by atoms with Crippen molar-refractivity contribution in [2.45, 2.75) is 4.90 Å². The second-order valence-electron chi connectivity index (χ2n) is 3.01. The number of hydrogen-bond donors (Lipinski definition) is 0. The van der Waals surface area contributed by atoms with E-state index in [4.69, 9.17) is 23.2 Å². The predicted octanol–water partition coefficient (Wildman–Crippen LogP) is 4.22. The normalized spacial score (nSPS) is 10.8. The first kappa shape index (κ1) is 11.1. The zero-order valence-electron chi connectivity index (χ0n) is 7.91. The molecule has 0 N–H and O–H groups in total. The fraction of sp³-hybridized carbons (Fsp3) is 0.182. The first-order valence-electron chi connectivity index (χ1n) is 4.54. The number of hydrogen-bond acceptors (Lipinski definition) is 2. The van der Waals surface area contributed by atoms with Gasteiger partial charge in [-0.3, -0.25) is 4.98 Å². The molecule has 0 amide bonds. The minimum absolute atomic E-state index is 0.655. The van der Waals surface area contributed by atoms with E-state index in [-0.39, 0.29) is 0 Å². The number of thioether (sulfide) groups is 1. The molecule has 0 spiro atoms. The summed E-state index contributed by atoms with van der Waals surface area (Å²) >= 11 is 13.3. The molecule has 0 bridgehead atoms. The van der Waals surface area contributed by atoms with Crippen molar-refractivity contribution in [2.75, 3.05) is 11.6 Å². The Morgan fingerprint density at radius 3 is 2.93 bits per heavy atom. The molecule has 0 aliphatic rings. The number of benzene rings is 1. The minimum Gasteiger partial charge on any atom is -0.256 e. The minimum atomic E-state index is 0.655. The summed E-state index contributed by atoms with van der Waals surface area (Å²) in [5.41, 5.74) is 0.932. The van der Waals surface area contributed by atoms with Crippen molar-refractivity contribution in [1.82, 2.24) is 4.98 Å². The van der Waals surface area contributed by atoms with E-state index < -0.39 is 0 Å². The number of rotatable bonds is 3. The SMILES string of the molecule is ClCCSc1ccnc2cc(Cl)ccc12. The van der Waals surface area contributed by atoms with E-state index in [0.29, 0.717) is 5.88 Å². The van der Waals surface area contributed by atoms with Gasteiger partial charge in [0.15, 0.2) is 0 Å². The molecular weight excluding hydrogens is 249 g/mol. The fourth-order valence-corrected chi connectivity index (χ4v) is 2.55. The van der Waals surface area contributed by atoms with Gasteiger partial charge in [0.1, 0.15) is 0 Å². The lowest BCUT2D eigenvalue weighted by atomic mass is 10.2. The zero-order valence-corrected chi connectivity index (χ0v) is 10.2. The lowest BCUT2D eigenvalue weighted by Gasteiger charge is -2.04. The standard InChI is InChI=1S/C11H9Cl2NS/c12-4-6-15-11-3-5-14-10-7-8(13)1-2-9(10)11/h1-3,5,7H,4,6H2. The van der Waals surface area contributed by atoms with Crippen LogP contribution in [0.25, 0.3) is 10.9 Å². The van der Waals surface area contributed by atoms with Gasteiger partial charge in [-0.2, -0.15) is 0 Å². The molecule has 15 heavy (non-hydrogen) atoms. The first-order valence-corrected chi connectivity index (χ1v) is 6.44. The average Bonchev–Trinajstić information content (AvgIpc) is 2.25. The third kappa shape index (κ3) is 2.57. The molecule has 78 valence electrons. The van der Waals surface area contributed by atoms with Crippen molar-refractivity contribution in [3.05, 3.63) is 35.5 Å². The molecule has 1 aromatic carbocycles. The summed E-state index contributed by atoms with van der Waals surface area (Å²) in [6.45, 7) is 0. The highest BCUT2D eigenvalue weighted by atomic mass is 35.5. The van der Waals surface area contributed by atoms with Crippen molar-refractivity contribution in [2.24, 2.45) is 0 Å². The molecular formula is C11H9Cl2NS. The third-order valence-electron chi connectivity index (χ3n) is 2.00.